The highest BCUT2D eigenvalue weighted by atomic mass is 79.9. The van der Waals surface area contributed by atoms with Gasteiger partial charge in [0.2, 0.25) is 0 Å². The van der Waals surface area contributed by atoms with Crippen molar-refractivity contribution in [2.45, 2.75) is 13.2 Å². The summed E-state index contributed by atoms with van der Waals surface area (Å²) in [6.45, 7) is 0.562. The second kappa shape index (κ2) is 6.53. The Morgan fingerprint density at radius 1 is 1.53 bits per heavy atom. The van der Waals surface area contributed by atoms with Gasteiger partial charge in [0.25, 0.3) is 0 Å². The summed E-state index contributed by atoms with van der Waals surface area (Å²) in [4.78, 5) is 14.7. The van der Waals surface area contributed by atoms with Crippen LogP contribution in [0.5, 0.6) is 5.75 Å². The van der Waals surface area contributed by atoms with Crippen LogP contribution in [0, 0.1) is 0 Å². The molecule has 0 spiro atoms. The standard InChI is InChI=1S/C12H11BrN2O3S/c13-9-1-2-11(8(3-9)4-14-12(16)17)18-5-10-6-19-7-15-10/h1-3,6-7,14H,4-5H2,(H,16,17). The maximum absolute atomic E-state index is 10.5. The summed E-state index contributed by atoms with van der Waals surface area (Å²) < 4.78 is 6.53. The van der Waals surface area contributed by atoms with E-state index in [0.717, 1.165) is 15.7 Å². The van der Waals surface area contributed by atoms with E-state index in [1.807, 2.05) is 17.5 Å². The number of amides is 1. The fourth-order valence-corrected chi connectivity index (χ4v) is 2.41. The second-order valence-electron chi connectivity index (χ2n) is 3.68. The Labute approximate surface area is 122 Å². The fourth-order valence-electron chi connectivity index (χ4n) is 1.46. The summed E-state index contributed by atoms with van der Waals surface area (Å²) in [6.07, 6.45) is -1.06. The lowest BCUT2D eigenvalue weighted by atomic mass is 10.2. The van der Waals surface area contributed by atoms with Gasteiger partial charge in [-0.1, -0.05) is 15.9 Å². The molecule has 0 aliphatic heterocycles. The van der Waals surface area contributed by atoms with Crippen LogP contribution < -0.4 is 10.1 Å². The quantitative estimate of drug-likeness (QED) is 0.874. The number of thiazole rings is 1. The van der Waals surface area contributed by atoms with Gasteiger partial charge in [-0.3, -0.25) is 0 Å². The van der Waals surface area contributed by atoms with Crippen molar-refractivity contribution in [3.63, 3.8) is 0 Å². The van der Waals surface area contributed by atoms with Gasteiger partial charge in [-0.2, -0.15) is 0 Å². The van der Waals surface area contributed by atoms with Crippen LogP contribution in [0.3, 0.4) is 0 Å². The monoisotopic (exact) mass is 342 g/mol. The Balaban J connectivity index is 2.07. The van der Waals surface area contributed by atoms with Crippen molar-refractivity contribution >= 4 is 33.4 Å². The zero-order valence-corrected chi connectivity index (χ0v) is 12.2. The van der Waals surface area contributed by atoms with Gasteiger partial charge in [0, 0.05) is 22.0 Å². The van der Waals surface area contributed by atoms with Crippen molar-refractivity contribution in [1.29, 1.82) is 0 Å². The Morgan fingerprint density at radius 2 is 2.37 bits per heavy atom. The summed E-state index contributed by atoms with van der Waals surface area (Å²) in [5, 5.41) is 12.9. The van der Waals surface area contributed by atoms with E-state index in [4.69, 9.17) is 9.84 Å². The van der Waals surface area contributed by atoms with Crippen molar-refractivity contribution in [3.05, 3.63) is 44.8 Å². The van der Waals surface area contributed by atoms with Gasteiger partial charge in [0.1, 0.15) is 12.4 Å². The predicted octanol–water partition coefficient (Wildman–Crippen LogP) is 3.25. The minimum Gasteiger partial charge on any atom is -0.487 e. The van der Waals surface area contributed by atoms with E-state index < -0.39 is 6.09 Å². The molecule has 0 radical (unpaired) electrons. The van der Waals surface area contributed by atoms with E-state index in [1.54, 1.807) is 11.6 Å². The van der Waals surface area contributed by atoms with Crippen LogP contribution in [-0.2, 0) is 13.2 Å². The van der Waals surface area contributed by atoms with Gasteiger partial charge in [0.05, 0.1) is 11.2 Å². The topological polar surface area (TPSA) is 71.5 Å². The third-order valence-corrected chi connectivity index (χ3v) is 3.44. The number of nitrogens with one attached hydrogen (secondary N) is 1. The summed E-state index contributed by atoms with van der Waals surface area (Å²) in [5.41, 5.74) is 3.37. The molecule has 2 rings (SSSR count). The van der Waals surface area contributed by atoms with E-state index in [9.17, 15) is 4.79 Å². The number of carbonyl (C=O) groups is 1. The highest BCUT2D eigenvalue weighted by Crippen LogP contribution is 2.24. The van der Waals surface area contributed by atoms with Crippen LogP contribution in [0.4, 0.5) is 4.79 Å². The molecule has 2 aromatic rings. The lowest BCUT2D eigenvalue weighted by Gasteiger charge is -2.11. The number of rotatable bonds is 5. The highest BCUT2D eigenvalue weighted by Gasteiger charge is 2.07. The molecule has 0 unspecified atom stereocenters. The largest absolute Gasteiger partial charge is 0.487 e. The third-order valence-electron chi connectivity index (χ3n) is 2.31. The van der Waals surface area contributed by atoms with Crippen LogP contribution in [0.2, 0.25) is 0 Å². The molecule has 1 amide bonds. The van der Waals surface area contributed by atoms with E-state index in [1.165, 1.54) is 11.3 Å². The van der Waals surface area contributed by atoms with Gasteiger partial charge in [-0.15, -0.1) is 11.3 Å². The van der Waals surface area contributed by atoms with E-state index in [0.29, 0.717) is 12.4 Å². The van der Waals surface area contributed by atoms with Crippen molar-refractivity contribution in [3.8, 4) is 5.75 Å². The van der Waals surface area contributed by atoms with Crippen LogP contribution in [-0.4, -0.2) is 16.2 Å². The molecule has 7 heteroatoms. The minimum atomic E-state index is -1.06. The first-order chi connectivity index (χ1) is 9.15. The van der Waals surface area contributed by atoms with E-state index in [-0.39, 0.29) is 6.54 Å². The number of nitrogens with zero attached hydrogens (tertiary/aromatic N) is 1. The summed E-state index contributed by atoms with van der Waals surface area (Å²) >= 11 is 4.86. The van der Waals surface area contributed by atoms with Crippen molar-refractivity contribution in [1.82, 2.24) is 10.3 Å². The predicted molar refractivity (Wildman–Crippen MR) is 75.5 cm³/mol. The number of carboxylic acid groups (broad SMARTS) is 1. The maximum Gasteiger partial charge on any atom is 0.404 e. The molecule has 2 N–H and O–H groups in total. The minimum absolute atomic E-state index is 0.196. The van der Waals surface area contributed by atoms with Gasteiger partial charge < -0.3 is 15.2 Å². The Hall–Kier alpha value is -1.60. The molecule has 0 bridgehead atoms. The molecule has 1 aromatic heterocycles. The first kappa shape index (κ1) is 13.8. The zero-order valence-electron chi connectivity index (χ0n) is 9.80. The van der Waals surface area contributed by atoms with Crippen molar-refractivity contribution in [2.24, 2.45) is 0 Å². The van der Waals surface area contributed by atoms with Crippen LogP contribution in [0.1, 0.15) is 11.3 Å². The van der Waals surface area contributed by atoms with Crippen LogP contribution in [0.25, 0.3) is 0 Å². The van der Waals surface area contributed by atoms with Crippen molar-refractivity contribution < 1.29 is 14.6 Å². The number of ether oxygens (including phenoxy) is 1. The SMILES string of the molecule is O=C(O)NCc1cc(Br)ccc1OCc1cscn1. The molecule has 0 saturated carbocycles. The smallest absolute Gasteiger partial charge is 0.404 e. The summed E-state index contributed by atoms with van der Waals surface area (Å²) in [7, 11) is 0. The summed E-state index contributed by atoms with van der Waals surface area (Å²) in [5.74, 6) is 0.643. The molecule has 0 aliphatic rings. The van der Waals surface area contributed by atoms with Gasteiger partial charge in [-0.05, 0) is 18.2 Å². The van der Waals surface area contributed by atoms with Crippen molar-refractivity contribution in [2.75, 3.05) is 0 Å². The van der Waals surface area contributed by atoms with E-state index in [2.05, 4.69) is 26.2 Å². The Bertz CT molecular complexity index is 560. The average Bonchev–Trinajstić information content (AvgIpc) is 2.88. The highest BCUT2D eigenvalue weighted by molar-refractivity contribution is 9.10. The number of halogens is 1. The number of hydrogen-bond acceptors (Lipinski definition) is 4. The maximum atomic E-state index is 10.5. The van der Waals surface area contributed by atoms with E-state index >= 15 is 0 Å². The average molecular weight is 343 g/mol. The molecule has 19 heavy (non-hydrogen) atoms. The molecule has 1 aromatic carbocycles. The van der Waals surface area contributed by atoms with Gasteiger partial charge in [-0.25, -0.2) is 9.78 Å². The molecule has 1 heterocycles. The third kappa shape index (κ3) is 4.22. The van der Waals surface area contributed by atoms with Crippen LogP contribution in [0.15, 0.2) is 33.6 Å². The first-order valence-corrected chi connectivity index (χ1v) is 7.14. The number of hydrogen-bond donors (Lipinski definition) is 2. The second-order valence-corrected chi connectivity index (χ2v) is 5.31. The Morgan fingerprint density at radius 3 is 3.05 bits per heavy atom. The fraction of sp³-hybridized carbons (Fsp3) is 0.167. The molecule has 0 saturated heterocycles. The van der Waals surface area contributed by atoms with Crippen LogP contribution >= 0.6 is 27.3 Å². The Kier molecular flexibility index (Phi) is 4.75. The molecular formula is C12H11BrN2O3S. The summed E-state index contributed by atoms with van der Waals surface area (Å²) in [6, 6.07) is 5.47. The zero-order chi connectivity index (χ0) is 13.7. The lowest BCUT2D eigenvalue weighted by Crippen LogP contribution is -2.20. The number of benzene rings is 1. The first-order valence-electron chi connectivity index (χ1n) is 5.40. The molecule has 5 nitrogen and oxygen atoms in total. The van der Waals surface area contributed by atoms with Gasteiger partial charge in [0.15, 0.2) is 0 Å². The molecule has 100 valence electrons. The number of aromatic nitrogens is 1. The normalized spacial score (nSPS) is 10.2. The molecule has 0 atom stereocenters. The molecule has 0 fully saturated rings. The molecule has 0 aliphatic carbocycles. The molecular weight excluding hydrogens is 332 g/mol. The van der Waals surface area contributed by atoms with Gasteiger partial charge >= 0.3 is 6.09 Å². The lowest BCUT2D eigenvalue weighted by molar-refractivity contribution is 0.193.